The average Bonchev–Trinajstić information content (AvgIpc) is 3.05. The normalized spacial score (nSPS) is 11.1. The number of para-hydroxylation sites is 1. The van der Waals surface area contributed by atoms with Gasteiger partial charge in [0.1, 0.15) is 17.3 Å². The van der Waals surface area contributed by atoms with Crippen molar-refractivity contribution in [1.29, 1.82) is 0 Å². The largest absolute Gasteiger partial charge is 0.497 e. The van der Waals surface area contributed by atoms with Gasteiger partial charge < -0.3 is 9.64 Å². The van der Waals surface area contributed by atoms with Gasteiger partial charge in [-0.05, 0) is 37.9 Å². The molecule has 0 amide bonds. The van der Waals surface area contributed by atoms with Crippen LogP contribution in [0.5, 0.6) is 5.75 Å². The molecule has 0 aliphatic rings. The highest BCUT2D eigenvalue weighted by Gasteiger charge is 2.17. The first kappa shape index (κ1) is 17.2. The van der Waals surface area contributed by atoms with Crippen LogP contribution >= 0.6 is 0 Å². The van der Waals surface area contributed by atoms with E-state index in [9.17, 15) is 4.39 Å². The highest BCUT2D eigenvalue weighted by Crippen LogP contribution is 2.29. The molecule has 0 atom stereocenters. The number of rotatable bonds is 6. The summed E-state index contributed by atoms with van der Waals surface area (Å²) in [6.45, 7) is 3.69. The summed E-state index contributed by atoms with van der Waals surface area (Å²) in [6, 6.07) is 14.7. The second-order valence-corrected chi connectivity index (χ2v) is 5.96. The summed E-state index contributed by atoms with van der Waals surface area (Å²) < 4.78 is 21.5. The number of hydrogen-bond acceptors (Lipinski definition) is 3. The molecule has 0 spiro atoms. The molecule has 130 valence electrons. The minimum Gasteiger partial charge on any atom is -0.497 e. The van der Waals surface area contributed by atoms with Crippen molar-refractivity contribution in [3.63, 3.8) is 0 Å². The molecular formula is C20H22FN3O. The maximum Gasteiger partial charge on any atom is 0.136 e. The topological polar surface area (TPSA) is 30.3 Å². The molecule has 3 aromatic rings. The van der Waals surface area contributed by atoms with E-state index in [-0.39, 0.29) is 5.82 Å². The van der Waals surface area contributed by atoms with Crippen molar-refractivity contribution in [2.24, 2.45) is 0 Å². The van der Waals surface area contributed by atoms with Crippen molar-refractivity contribution in [3.8, 4) is 22.7 Å². The van der Waals surface area contributed by atoms with E-state index in [1.807, 2.05) is 43.6 Å². The van der Waals surface area contributed by atoms with Crippen molar-refractivity contribution in [2.75, 3.05) is 20.7 Å². The highest BCUT2D eigenvalue weighted by atomic mass is 19.1. The third-order valence-corrected chi connectivity index (χ3v) is 4.22. The van der Waals surface area contributed by atoms with E-state index in [4.69, 9.17) is 4.74 Å². The standard InChI is InChI=1S/C20H22FN3O/c1-4-23(2)13-15-14-24(16-8-6-5-7-9-16)22-20(15)18-11-10-17(25-3)12-19(18)21/h5-12,14H,4,13H2,1-3H3. The Bertz CT molecular complexity index is 845. The van der Waals surface area contributed by atoms with E-state index in [0.29, 0.717) is 23.6 Å². The summed E-state index contributed by atoms with van der Waals surface area (Å²) in [6.07, 6.45) is 1.97. The molecule has 0 bridgehead atoms. The molecule has 0 N–H and O–H groups in total. The van der Waals surface area contributed by atoms with E-state index < -0.39 is 0 Å². The maximum atomic E-state index is 14.6. The Morgan fingerprint density at radius 1 is 1.16 bits per heavy atom. The molecule has 0 unspecified atom stereocenters. The fourth-order valence-electron chi connectivity index (χ4n) is 2.68. The molecule has 0 radical (unpaired) electrons. The average molecular weight is 339 g/mol. The van der Waals surface area contributed by atoms with Crippen molar-refractivity contribution >= 4 is 0 Å². The first-order chi connectivity index (χ1) is 12.1. The van der Waals surface area contributed by atoms with Crippen LogP contribution in [0.2, 0.25) is 0 Å². The number of hydrogen-bond donors (Lipinski definition) is 0. The van der Waals surface area contributed by atoms with Crippen LogP contribution in [-0.2, 0) is 6.54 Å². The van der Waals surface area contributed by atoms with E-state index in [0.717, 1.165) is 17.8 Å². The Balaban J connectivity index is 2.09. The molecule has 2 aromatic carbocycles. The minimum absolute atomic E-state index is 0.335. The number of ether oxygens (including phenoxy) is 1. The lowest BCUT2D eigenvalue weighted by Gasteiger charge is -2.13. The lowest BCUT2D eigenvalue weighted by atomic mass is 10.1. The summed E-state index contributed by atoms with van der Waals surface area (Å²) in [5, 5.41) is 4.66. The number of benzene rings is 2. The molecule has 3 rings (SSSR count). The number of halogens is 1. The van der Waals surface area contributed by atoms with Crippen LogP contribution < -0.4 is 4.74 Å². The molecule has 5 heteroatoms. The first-order valence-corrected chi connectivity index (χ1v) is 8.28. The highest BCUT2D eigenvalue weighted by molar-refractivity contribution is 5.65. The van der Waals surface area contributed by atoms with Crippen LogP contribution in [0.25, 0.3) is 16.9 Å². The van der Waals surface area contributed by atoms with Gasteiger partial charge in [-0.3, -0.25) is 0 Å². The Morgan fingerprint density at radius 2 is 1.92 bits per heavy atom. The van der Waals surface area contributed by atoms with Crippen LogP contribution in [0.3, 0.4) is 0 Å². The van der Waals surface area contributed by atoms with Gasteiger partial charge in [0.25, 0.3) is 0 Å². The molecular weight excluding hydrogens is 317 g/mol. The molecule has 1 heterocycles. The lowest BCUT2D eigenvalue weighted by molar-refractivity contribution is 0.346. The van der Waals surface area contributed by atoms with E-state index in [1.165, 1.54) is 13.2 Å². The van der Waals surface area contributed by atoms with Crippen molar-refractivity contribution in [3.05, 3.63) is 66.1 Å². The van der Waals surface area contributed by atoms with Gasteiger partial charge in [0.05, 0.1) is 12.8 Å². The third-order valence-electron chi connectivity index (χ3n) is 4.22. The summed E-state index contributed by atoms with van der Waals surface area (Å²) in [5.74, 6) is 0.161. The zero-order chi connectivity index (χ0) is 17.8. The Hall–Kier alpha value is -2.66. The van der Waals surface area contributed by atoms with Crippen LogP contribution in [0.1, 0.15) is 12.5 Å². The van der Waals surface area contributed by atoms with Crippen LogP contribution in [-0.4, -0.2) is 35.4 Å². The monoisotopic (exact) mass is 339 g/mol. The Labute approximate surface area is 147 Å². The second-order valence-electron chi connectivity index (χ2n) is 5.96. The number of aromatic nitrogens is 2. The van der Waals surface area contributed by atoms with E-state index in [2.05, 4.69) is 16.9 Å². The SMILES string of the molecule is CCN(C)Cc1cn(-c2ccccc2)nc1-c1ccc(OC)cc1F. The smallest absolute Gasteiger partial charge is 0.136 e. The molecule has 4 nitrogen and oxygen atoms in total. The molecule has 0 saturated carbocycles. The summed E-state index contributed by atoms with van der Waals surface area (Å²) in [4.78, 5) is 2.16. The maximum absolute atomic E-state index is 14.6. The fraction of sp³-hybridized carbons (Fsp3) is 0.250. The van der Waals surface area contributed by atoms with E-state index in [1.54, 1.807) is 16.8 Å². The van der Waals surface area contributed by atoms with Crippen molar-refractivity contribution in [1.82, 2.24) is 14.7 Å². The van der Waals surface area contributed by atoms with Gasteiger partial charge in [0.2, 0.25) is 0 Å². The first-order valence-electron chi connectivity index (χ1n) is 8.28. The van der Waals surface area contributed by atoms with Crippen molar-refractivity contribution in [2.45, 2.75) is 13.5 Å². The van der Waals surface area contributed by atoms with Gasteiger partial charge in [-0.25, -0.2) is 9.07 Å². The quantitative estimate of drug-likeness (QED) is 0.676. The van der Waals surface area contributed by atoms with Crippen LogP contribution in [0, 0.1) is 5.82 Å². The third kappa shape index (κ3) is 3.72. The van der Waals surface area contributed by atoms with E-state index >= 15 is 0 Å². The summed E-state index contributed by atoms with van der Waals surface area (Å²) in [5.41, 5.74) is 3.07. The molecule has 0 fully saturated rings. The van der Waals surface area contributed by atoms with Gasteiger partial charge in [-0.2, -0.15) is 5.10 Å². The number of methoxy groups -OCH3 is 1. The van der Waals surface area contributed by atoms with Gasteiger partial charge in [0, 0.05) is 29.9 Å². The lowest BCUT2D eigenvalue weighted by Crippen LogP contribution is -2.16. The van der Waals surface area contributed by atoms with Gasteiger partial charge in [0.15, 0.2) is 0 Å². The fourth-order valence-corrected chi connectivity index (χ4v) is 2.68. The van der Waals surface area contributed by atoms with Crippen LogP contribution in [0.4, 0.5) is 4.39 Å². The predicted molar refractivity (Wildman–Crippen MR) is 97.5 cm³/mol. The van der Waals surface area contributed by atoms with Gasteiger partial charge >= 0.3 is 0 Å². The molecule has 1 aromatic heterocycles. The molecule has 0 saturated heterocycles. The predicted octanol–water partition coefficient (Wildman–Crippen LogP) is 4.14. The molecule has 25 heavy (non-hydrogen) atoms. The van der Waals surface area contributed by atoms with Crippen molar-refractivity contribution < 1.29 is 9.13 Å². The zero-order valence-electron chi connectivity index (χ0n) is 14.7. The van der Waals surface area contributed by atoms with Gasteiger partial charge in [-0.15, -0.1) is 0 Å². The molecule has 0 aliphatic heterocycles. The number of nitrogens with zero attached hydrogens (tertiary/aromatic N) is 3. The summed E-state index contributed by atoms with van der Waals surface area (Å²) >= 11 is 0. The Morgan fingerprint density at radius 3 is 2.56 bits per heavy atom. The Kier molecular flexibility index (Phi) is 5.14. The molecule has 0 aliphatic carbocycles. The zero-order valence-corrected chi connectivity index (χ0v) is 14.7. The van der Waals surface area contributed by atoms with Crippen LogP contribution in [0.15, 0.2) is 54.7 Å². The second kappa shape index (κ2) is 7.49. The van der Waals surface area contributed by atoms with Gasteiger partial charge in [-0.1, -0.05) is 25.1 Å². The summed E-state index contributed by atoms with van der Waals surface area (Å²) in [7, 11) is 3.56. The minimum atomic E-state index is -0.335.